The monoisotopic (exact) mass is 391 g/mol. The largest absolute Gasteiger partial charge is 0.450 e. The van der Waals surface area contributed by atoms with Gasteiger partial charge in [0.1, 0.15) is 5.69 Å². The van der Waals surface area contributed by atoms with E-state index in [4.69, 9.17) is 4.74 Å². The van der Waals surface area contributed by atoms with E-state index in [1.54, 1.807) is 12.3 Å². The summed E-state index contributed by atoms with van der Waals surface area (Å²) in [5.41, 5.74) is 0.753. The van der Waals surface area contributed by atoms with Crippen LogP contribution in [-0.2, 0) is 10.8 Å². The molecule has 0 aliphatic rings. The van der Waals surface area contributed by atoms with Gasteiger partial charge in [0.05, 0.1) is 21.9 Å². The maximum Gasteiger partial charge on any atom is 0.180 e. The molecule has 4 aromatic rings. The zero-order valence-electron chi connectivity index (χ0n) is 13.8. The van der Waals surface area contributed by atoms with E-state index in [1.807, 2.05) is 0 Å². The normalized spacial score (nSPS) is 12.4. The number of benzene rings is 2. The summed E-state index contributed by atoms with van der Waals surface area (Å²) in [6, 6.07) is 6.43. The van der Waals surface area contributed by atoms with Crippen LogP contribution in [0.1, 0.15) is 0 Å². The van der Waals surface area contributed by atoms with Crippen molar-refractivity contribution in [3.05, 3.63) is 60.2 Å². The second-order valence-corrected chi connectivity index (χ2v) is 7.07. The Hall–Kier alpha value is -3.07. The molecule has 4 rings (SSSR count). The summed E-state index contributed by atoms with van der Waals surface area (Å²) in [5.74, 6) is -2.87. The van der Waals surface area contributed by atoms with Gasteiger partial charge in [-0.05, 0) is 24.3 Å². The summed E-state index contributed by atoms with van der Waals surface area (Å²) in [5, 5.41) is 6.54. The number of fused-ring (bicyclic) bond motifs is 1. The Morgan fingerprint density at radius 3 is 2.59 bits per heavy atom. The predicted octanol–water partition coefficient (Wildman–Crippen LogP) is 4.51. The highest BCUT2D eigenvalue weighted by Gasteiger charge is 2.21. The van der Waals surface area contributed by atoms with Crippen LogP contribution in [0.2, 0.25) is 0 Å². The van der Waals surface area contributed by atoms with Crippen LogP contribution in [0.15, 0.2) is 47.6 Å². The minimum atomic E-state index is -1.61. The maximum atomic E-state index is 14.6. The number of hydrogen-bond acceptors (Lipinski definition) is 3. The van der Waals surface area contributed by atoms with E-state index in [1.165, 1.54) is 24.5 Å². The molecule has 0 bridgehead atoms. The number of aromatic amines is 2. The van der Waals surface area contributed by atoms with Gasteiger partial charge in [-0.3, -0.25) is 9.31 Å². The highest BCUT2D eigenvalue weighted by molar-refractivity contribution is 7.84. The lowest BCUT2D eigenvalue weighted by Gasteiger charge is -2.13. The van der Waals surface area contributed by atoms with Crippen LogP contribution in [0.5, 0.6) is 11.5 Å². The first-order valence-electron chi connectivity index (χ1n) is 7.75. The average molecular weight is 391 g/mol. The van der Waals surface area contributed by atoms with E-state index < -0.39 is 28.3 Å². The Morgan fingerprint density at radius 1 is 1.07 bits per heavy atom. The van der Waals surface area contributed by atoms with Gasteiger partial charge in [0, 0.05) is 35.0 Å². The van der Waals surface area contributed by atoms with E-state index in [0.29, 0.717) is 10.9 Å². The molecule has 0 fully saturated rings. The molecule has 0 aliphatic carbocycles. The summed E-state index contributed by atoms with van der Waals surface area (Å²) >= 11 is 0. The van der Waals surface area contributed by atoms with E-state index in [9.17, 15) is 17.4 Å². The van der Waals surface area contributed by atoms with Crippen LogP contribution < -0.4 is 4.74 Å². The number of halogens is 3. The SMILES string of the molecule is CS(=O)c1c(Oc2cc(-c3[nH]ncc3F)ccc2F)c(F)cc2[nH]ccc12. The van der Waals surface area contributed by atoms with Crippen molar-refractivity contribution in [1.82, 2.24) is 15.2 Å². The molecule has 0 saturated heterocycles. The minimum absolute atomic E-state index is 0.0423. The van der Waals surface area contributed by atoms with E-state index >= 15 is 0 Å². The number of nitrogens with zero attached hydrogens (tertiary/aromatic N) is 1. The molecule has 2 aromatic heterocycles. The van der Waals surface area contributed by atoms with Crippen LogP contribution in [0.25, 0.3) is 22.2 Å². The van der Waals surface area contributed by atoms with Crippen LogP contribution >= 0.6 is 0 Å². The molecule has 138 valence electrons. The van der Waals surface area contributed by atoms with Crippen molar-refractivity contribution in [1.29, 1.82) is 0 Å². The summed E-state index contributed by atoms with van der Waals surface area (Å²) in [4.78, 5) is 2.94. The van der Waals surface area contributed by atoms with Gasteiger partial charge >= 0.3 is 0 Å². The number of aromatic nitrogens is 3. The fourth-order valence-electron chi connectivity index (χ4n) is 2.82. The van der Waals surface area contributed by atoms with E-state index in [2.05, 4.69) is 15.2 Å². The second kappa shape index (κ2) is 6.58. The van der Waals surface area contributed by atoms with E-state index in [-0.39, 0.29) is 27.7 Å². The number of H-pyrrole nitrogens is 2. The van der Waals surface area contributed by atoms with Crippen molar-refractivity contribution in [3.8, 4) is 22.8 Å². The Kier molecular flexibility index (Phi) is 4.23. The van der Waals surface area contributed by atoms with Crippen LogP contribution in [-0.4, -0.2) is 25.6 Å². The Bertz CT molecular complexity index is 1190. The molecule has 2 N–H and O–H groups in total. The molecule has 0 aliphatic heterocycles. The molecule has 9 heteroatoms. The summed E-state index contributed by atoms with van der Waals surface area (Å²) in [7, 11) is -1.61. The average Bonchev–Trinajstić information content (AvgIpc) is 3.25. The van der Waals surface area contributed by atoms with Gasteiger partial charge in [0.15, 0.2) is 29.0 Å². The predicted molar refractivity (Wildman–Crippen MR) is 94.6 cm³/mol. The quantitative estimate of drug-likeness (QED) is 0.538. The third-order valence-corrected chi connectivity index (χ3v) is 5.01. The Balaban J connectivity index is 1.85. The molecule has 27 heavy (non-hydrogen) atoms. The van der Waals surface area contributed by atoms with Crippen molar-refractivity contribution in [3.63, 3.8) is 0 Å². The van der Waals surface area contributed by atoms with Crippen molar-refractivity contribution in [2.24, 2.45) is 0 Å². The molecular formula is C18H12F3N3O2S. The van der Waals surface area contributed by atoms with E-state index in [0.717, 1.165) is 12.3 Å². The van der Waals surface area contributed by atoms with Gasteiger partial charge in [-0.15, -0.1) is 0 Å². The number of hydrogen-bond donors (Lipinski definition) is 2. The van der Waals surface area contributed by atoms with Crippen molar-refractivity contribution in [2.75, 3.05) is 6.26 Å². The molecule has 5 nitrogen and oxygen atoms in total. The summed E-state index contributed by atoms with van der Waals surface area (Å²) < 4.78 is 60.3. The van der Waals surface area contributed by atoms with Gasteiger partial charge < -0.3 is 9.72 Å². The van der Waals surface area contributed by atoms with Gasteiger partial charge in [-0.1, -0.05) is 0 Å². The lowest BCUT2D eigenvalue weighted by molar-refractivity contribution is 0.406. The zero-order chi connectivity index (χ0) is 19.1. The van der Waals surface area contributed by atoms with Crippen LogP contribution in [0.4, 0.5) is 13.2 Å². The third kappa shape index (κ3) is 2.99. The first-order chi connectivity index (χ1) is 13.0. The van der Waals surface area contributed by atoms with Gasteiger partial charge in [-0.2, -0.15) is 5.10 Å². The lowest BCUT2D eigenvalue weighted by Crippen LogP contribution is -1.99. The molecule has 0 radical (unpaired) electrons. The highest BCUT2D eigenvalue weighted by Crippen LogP contribution is 2.38. The molecule has 1 atom stereocenters. The van der Waals surface area contributed by atoms with Crippen LogP contribution in [0.3, 0.4) is 0 Å². The molecule has 2 heterocycles. The lowest BCUT2D eigenvalue weighted by atomic mass is 10.1. The first-order valence-corrected chi connectivity index (χ1v) is 9.31. The van der Waals surface area contributed by atoms with Crippen LogP contribution in [0, 0.1) is 17.5 Å². The summed E-state index contributed by atoms with van der Waals surface area (Å²) in [6.07, 6.45) is 3.93. The minimum Gasteiger partial charge on any atom is -0.450 e. The molecular weight excluding hydrogens is 379 g/mol. The Labute approximate surface area is 153 Å². The second-order valence-electron chi connectivity index (χ2n) is 5.75. The number of nitrogens with one attached hydrogen (secondary N) is 2. The summed E-state index contributed by atoms with van der Waals surface area (Å²) in [6.45, 7) is 0. The fraction of sp³-hybridized carbons (Fsp3) is 0.0556. The van der Waals surface area contributed by atoms with Crippen molar-refractivity contribution in [2.45, 2.75) is 4.90 Å². The molecule has 1 unspecified atom stereocenters. The topological polar surface area (TPSA) is 70.8 Å². The molecule has 0 spiro atoms. The highest BCUT2D eigenvalue weighted by atomic mass is 32.2. The molecule has 2 aromatic carbocycles. The zero-order valence-corrected chi connectivity index (χ0v) is 14.7. The Morgan fingerprint density at radius 2 is 1.89 bits per heavy atom. The standard InChI is InChI=1S/C18H12F3N3O2S/c1-27(25)18-10-4-5-22-14(10)7-12(20)17(18)26-15-6-9(2-3-11(15)19)16-13(21)8-23-24-16/h2-8,22H,1H3,(H,23,24). The van der Waals surface area contributed by atoms with Gasteiger partial charge in [0.2, 0.25) is 0 Å². The first kappa shape index (κ1) is 17.3. The maximum absolute atomic E-state index is 14.6. The smallest absolute Gasteiger partial charge is 0.180 e. The fourth-order valence-corrected chi connectivity index (χ4v) is 3.71. The third-order valence-electron chi connectivity index (χ3n) is 4.03. The number of rotatable bonds is 4. The van der Waals surface area contributed by atoms with Gasteiger partial charge in [-0.25, -0.2) is 13.2 Å². The molecule has 0 amide bonds. The van der Waals surface area contributed by atoms with Gasteiger partial charge in [0.25, 0.3) is 0 Å². The van der Waals surface area contributed by atoms with Crippen molar-refractivity contribution < 1.29 is 22.1 Å². The van der Waals surface area contributed by atoms with Crippen molar-refractivity contribution >= 4 is 21.7 Å². The number of ether oxygens (including phenoxy) is 1. The molecule has 0 saturated carbocycles.